The largest absolute Gasteiger partial charge is 0.314 e. The molecule has 1 aromatic rings. The van der Waals surface area contributed by atoms with Crippen LogP contribution in [0.3, 0.4) is 0 Å². The van der Waals surface area contributed by atoms with Gasteiger partial charge >= 0.3 is 0 Å². The van der Waals surface area contributed by atoms with E-state index >= 15 is 0 Å². The fourth-order valence-electron chi connectivity index (χ4n) is 1.78. The van der Waals surface area contributed by atoms with Gasteiger partial charge in [0.25, 0.3) is 0 Å². The molecule has 1 heterocycles. The quantitative estimate of drug-likeness (QED) is 0.770. The van der Waals surface area contributed by atoms with Crippen molar-refractivity contribution < 1.29 is 4.39 Å². The molecule has 0 radical (unpaired) electrons. The topological polar surface area (TPSA) is 24.9 Å². The molecule has 0 fully saturated rings. The summed E-state index contributed by atoms with van der Waals surface area (Å²) in [4.78, 5) is 4.09. The molecule has 0 amide bonds. The lowest BCUT2D eigenvalue weighted by Crippen LogP contribution is -2.32. The Bertz CT molecular complexity index is 302. The Morgan fingerprint density at radius 2 is 2.19 bits per heavy atom. The molecule has 0 aromatic carbocycles. The van der Waals surface area contributed by atoms with Gasteiger partial charge in [-0.2, -0.15) is 0 Å². The van der Waals surface area contributed by atoms with E-state index in [4.69, 9.17) is 0 Å². The molecule has 0 bridgehead atoms. The van der Waals surface area contributed by atoms with Crippen molar-refractivity contribution in [1.29, 1.82) is 0 Å². The van der Waals surface area contributed by atoms with Gasteiger partial charge in [-0.3, -0.25) is 4.98 Å². The van der Waals surface area contributed by atoms with Crippen molar-refractivity contribution in [3.63, 3.8) is 0 Å². The van der Waals surface area contributed by atoms with Gasteiger partial charge in [-0.25, -0.2) is 4.39 Å². The zero-order valence-corrected chi connectivity index (χ0v) is 10.2. The molecule has 3 heteroatoms. The Hall–Kier alpha value is -0.960. The van der Waals surface area contributed by atoms with Gasteiger partial charge in [0, 0.05) is 18.7 Å². The summed E-state index contributed by atoms with van der Waals surface area (Å²) in [6.07, 6.45) is 5.61. The van der Waals surface area contributed by atoms with Crippen molar-refractivity contribution in [2.75, 3.05) is 6.54 Å². The predicted octanol–water partition coefficient (Wildman–Crippen LogP) is 2.93. The average Bonchev–Trinajstić information content (AvgIpc) is 2.29. The molecule has 0 aliphatic carbocycles. The van der Waals surface area contributed by atoms with Crippen LogP contribution in [0.1, 0.15) is 38.8 Å². The molecule has 1 N–H and O–H groups in total. The Kier molecular flexibility index (Phi) is 6.01. The maximum Gasteiger partial charge on any atom is 0.144 e. The van der Waals surface area contributed by atoms with Crippen LogP contribution in [0.25, 0.3) is 0 Å². The second kappa shape index (κ2) is 7.34. The summed E-state index contributed by atoms with van der Waals surface area (Å²) in [7, 11) is 0. The smallest absolute Gasteiger partial charge is 0.144 e. The number of halogens is 1. The number of pyridine rings is 1. The third kappa shape index (κ3) is 4.27. The normalized spacial score (nSPS) is 12.7. The minimum Gasteiger partial charge on any atom is -0.314 e. The van der Waals surface area contributed by atoms with Crippen LogP contribution < -0.4 is 5.32 Å². The lowest BCUT2D eigenvalue weighted by molar-refractivity contribution is 0.458. The molecule has 1 atom stereocenters. The Labute approximate surface area is 97.3 Å². The van der Waals surface area contributed by atoms with Gasteiger partial charge in [0.1, 0.15) is 5.82 Å². The third-order valence-corrected chi connectivity index (χ3v) is 2.59. The van der Waals surface area contributed by atoms with Gasteiger partial charge in [0.2, 0.25) is 0 Å². The van der Waals surface area contributed by atoms with E-state index in [0.29, 0.717) is 18.2 Å². The maximum atomic E-state index is 13.4. The predicted molar refractivity (Wildman–Crippen MR) is 64.9 cm³/mol. The van der Waals surface area contributed by atoms with Crippen molar-refractivity contribution in [3.8, 4) is 0 Å². The monoisotopic (exact) mass is 224 g/mol. The molecule has 1 rings (SSSR count). The van der Waals surface area contributed by atoms with Crippen LogP contribution in [0.5, 0.6) is 0 Å². The fourth-order valence-corrected chi connectivity index (χ4v) is 1.78. The summed E-state index contributed by atoms with van der Waals surface area (Å²) in [6, 6.07) is 3.45. The number of aromatic nitrogens is 1. The fraction of sp³-hybridized carbons (Fsp3) is 0.615. The highest BCUT2D eigenvalue weighted by molar-refractivity contribution is 5.08. The first kappa shape index (κ1) is 13.1. The lowest BCUT2D eigenvalue weighted by atomic mass is 10.1. The van der Waals surface area contributed by atoms with Crippen molar-refractivity contribution in [2.45, 2.75) is 45.6 Å². The first-order valence-electron chi connectivity index (χ1n) is 6.10. The third-order valence-electron chi connectivity index (χ3n) is 2.59. The van der Waals surface area contributed by atoms with Crippen LogP contribution in [0.4, 0.5) is 4.39 Å². The van der Waals surface area contributed by atoms with Gasteiger partial charge in [0.15, 0.2) is 0 Å². The molecule has 0 spiro atoms. The van der Waals surface area contributed by atoms with Gasteiger partial charge in [0.05, 0.1) is 5.69 Å². The van der Waals surface area contributed by atoms with E-state index < -0.39 is 0 Å². The van der Waals surface area contributed by atoms with Crippen molar-refractivity contribution in [2.24, 2.45) is 0 Å². The highest BCUT2D eigenvalue weighted by atomic mass is 19.1. The van der Waals surface area contributed by atoms with Crippen LogP contribution in [-0.2, 0) is 6.42 Å². The van der Waals surface area contributed by atoms with Gasteiger partial charge in [-0.1, -0.05) is 20.3 Å². The number of nitrogens with one attached hydrogen (secondary N) is 1. The Morgan fingerprint density at radius 3 is 2.81 bits per heavy atom. The summed E-state index contributed by atoms with van der Waals surface area (Å²) in [5.74, 6) is -0.193. The molecule has 16 heavy (non-hydrogen) atoms. The van der Waals surface area contributed by atoms with E-state index in [2.05, 4.69) is 24.1 Å². The van der Waals surface area contributed by atoms with E-state index in [1.54, 1.807) is 12.3 Å². The zero-order chi connectivity index (χ0) is 11.8. The minimum absolute atomic E-state index is 0.193. The van der Waals surface area contributed by atoms with Crippen LogP contribution >= 0.6 is 0 Å². The summed E-state index contributed by atoms with van der Waals surface area (Å²) in [6.45, 7) is 5.27. The SMILES string of the molecule is CCCNC(CCC)Cc1ncccc1F. The zero-order valence-electron chi connectivity index (χ0n) is 10.2. The second-order valence-corrected chi connectivity index (χ2v) is 4.08. The molecular weight excluding hydrogens is 203 g/mol. The first-order chi connectivity index (χ1) is 7.77. The summed E-state index contributed by atoms with van der Waals surface area (Å²) in [5, 5.41) is 3.44. The summed E-state index contributed by atoms with van der Waals surface area (Å²) in [5.41, 5.74) is 0.574. The molecule has 0 saturated carbocycles. The van der Waals surface area contributed by atoms with E-state index in [1.165, 1.54) is 6.07 Å². The Balaban J connectivity index is 2.56. The van der Waals surface area contributed by atoms with E-state index in [9.17, 15) is 4.39 Å². The minimum atomic E-state index is -0.193. The van der Waals surface area contributed by atoms with Crippen molar-refractivity contribution in [1.82, 2.24) is 10.3 Å². The molecule has 1 unspecified atom stereocenters. The van der Waals surface area contributed by atoms with E-state index in [1.807, 2.05) is 0 Å². The van der Waals surface area contributed by atoms with E-state index in [-0.39, 0.29) is 5.82 Å². The molecule has 0 aliphatic rings. The molecular formula is C13H21FN2. The molecule has 2 nitrogen and oxygen atoms in total. The molecule has 1 aromatic heterocycles. The Morgan fingerprint density at radius 1 is 1.38 bits per heavy atom. The summed E-state index contributed by atoms with van der Waals surface area (Å²) < 4.78 is 13.4. The first-order valence-corrected chi connectivity index (χ1v) is 6.10. The van der Waals surface area contributed by atoms with E-state index in [0.717, 1.165) is 25.8 Å². The van der Waals surface area contributed by atoms with Gasteiger partial charge in [-0.05, 0) is 31.5 Å². The number of nitrogens with zero attached hydrogens (tertiary/aromatic N) is 1. The molecule has 90 valence electrons. The second-order valence-electron chi connectivity index (χ2n) is 4.08. The number of hydrogen-bond donors (Lipinski definition) is 1. The molecule has 0 saturated heterocycles. The standard InChI is InChI=1S/C13H21FN2/c1-3-6-11(15-8-4-2)10-13-12(14)7-5-9-16-13/h5,7,9,11,15H,3-4,6,8,10H2,1-2H3. The van der Waals surface area contributed by atoms with Crippen molar-refractivity contribution >= 4 is 0 Å². The lowest BCUT2D eigenvalue weighted by Gasteiger charge is -2.17. The highest BCUT2D eigenvalue weighted by Crippen LogP contribution is 2.09. The molecule has 0 aliphatic heterocycles. The highest BCUT2D eigenvalue weighted by Gasteiger charge is 2.11. The van der Waals surface area contributed by atoms with Gasteiger partial charge in [-0.15, -0.1) is 0 Å². The van der Waals surface area contributed by atoms with Crippen molar-refractivity contribution in [3.05, 3.63) is 29.8 Å². The average molecular weight is 224 g/mol. The van der Waals surface area contributed by atoms with Crippen LogP contribution in [0.2, 0.25) is 0 Å². The summed E-state index contributed by atoms with van der Waals surface area (Å²) >= 11 is 0. The number of rotatable bonds is 7. The number of hydrogen-bond acceptors (Lipinski definition) is 2. The van der Waals surface area contributed by atoms with Crippen LogP contribution in [-0.4, -0.2) is 17.6 Å². The van der Waals surface area contributed by atoms with Crippen LogP contribution in [0.15, 0.2) is 18.3 Å². The maximum absolute atomic E-state index is 13.4. The van der Waals surface area contributed by atoms with Gasteiger partial charge < -0.3 is 5.32 Å². The van der Waals surface area contributed by atoms with Crippen LogP contribution in [0, 0.1) is 5.82 Å².